The number of carbonyl (C=O) groups excluding carboxylic acids is 2. The first-order chi connectivity index (χ1) is 16.0. The fraction of sp³-hybridized carbons (Fsp3) is 0.192. The maximum Gasteiger partial charge on any atom is 0.307 e. The molecule has 1 atom stereocenters. The predicted molar refractivity (Wildman–Crippen MR) is 124 cm³/mol. The molecule has 0 radical (unpaired) electrons. The molecular weight excluding hydrogens is 418 g/mol. The quantitative estimate of drug-likeness (QED) is 0.412. The number of amides is 1. The second-order valence-electron chi connectivity index (χ2n) is 7.68. The summed E-state index contributed by atoms with van der Waals surface area (Å²) in [6.07, 6.45) is 3.94. The first-order valence-electron chi connectivity index (χ1n) is 10.6. The fourth-order valence-electron chi connectivity index (χ4n) is 3.56. The van der Waals surface area contributed by atoms with Gasteiger partial charge >= 0.3 is 5.97 Å². The number of esters is 1. The number of benzene rings is 2. The molecule has 2 heterocycles. The smallest absolute Gasteiger partial charge is 0.307 e. The van der Waals surface area contributed by atoms with Crippen LogP contribution in [0.2, 0.25) is 0 Å². The van der Waals surface area contributed by atoms with Gasteiger partial charge in [-0.25, -0.2) is 4.98 Å². The first-order valence-corrected chi connectivity index (χ1v) is 10.6. The molecule has 0 aliphatic rings. The lowest BCUT2D eigenvalue weighted by molar-refractivity contribution is -0.141. The molecule has 168 valence electrons. The van der Waals surface area contributed by atoms with E-state index in [9.17, 15) is 9.59 Å². The lowest BCUT2D eigenvalue weighted by atomic mass is 10.0. The number of aryl methyl sites for hydroxylation is 1. The summed E-state index contributed by atoms with van der Waals surface area (Å²) in [5.41, 5.74) is 4.12. The summed E-state index contributed by atoms with van der Waals surface area (Å²) < 4.78 is 12.6. The number of fused-ring (bicyclic) bond motifs is 1. The molecule has 0 bridgehead atoms. The molecule has 0 fully saturated rings. The number of carbonyl (C=O) groups is 2. The van der Waals surface area contributed by atoms with Crippen molar-refractivity contribution in [3.8, 4) is 5.75 Å². The van der Waals surface area contributed by atoms with Crippen LogP contribution in [0.25, 0.3) is 5.65 Å². The number of ether oxygens (including phenoxy) is 2. The summed E-state index contributed by atoms with van der Waals surface area (Å²) in [6, 6.07) is 19.7. The van der Waals surface area contributed by atoms with Crippen LogP contribution < -0.4 is 10.1 Å². The number of pyridine rings is 1. The van der Waals surface area contributed by atoms with Crippen LogP contribution in [-0.2, 0) is 16.1 Å². The Balaban J connectivity index is 1.40. The number of imidazole rings is 1. The Labute approximate surface area is 192 Å². The van der Waals surface area contributed by atoms with E-state index >= 15 is 0 Å². The summed E-state index contributed by atoms with van der Waals surface area (Å²) in [4.78, 5) is 29.2. The van der Waals surface area contributed by atoms with Crippen molar-refractivity contribution in [3.05, 3.63) is 102 Å². The first kappa shape index (κ1) is 22.1. The Kier molecular flexibility index (Phi) is 6.69. The summed E-state index contributed by atoms with van der Waals surface area (Å²) in [7, 11) is 1.33. The highest BCUT2D eigenvalue weighted by Crippen LogP contribution is 2.20. The van der Waals surface area contributed by atoms with E-state index in [4.69, 9.17) is 9.47 Å². The van der Waals surface area contributed by atoms with Gasteiger partial charge in [0, 0.05) is 18.0 Å². The maximum absolute atomic E-state index is 12.8. The summed E-state index contributed by atoms with van der Waals surface area (Å²) in [5.74, 6) is -0.0420. The van der Waals surface area contributed by atoms with Crippen molar-refractivity contribution in [2.24, 2.45) is 0 Å². The van der Waals surface area contributed by atoms with Crippen molar-refractivity contribution >= 4 is 17.5 Å². The highest BCUT2D eigenvalue weighted by atomic mass is 16.5. The van der Waals surface area contributed by atoms with Crippen molar-refractivity contribution in [2.45, 2.75) is 26.0 Å². The number of rotatable bonds is 8. The number of aromatic nitrogens is 2. The van der Waals surface area contributed by atoms with E-state index in [1.54, 1.807) is 24.3 Å². The topological polar surface area (TPSA) is 81.9 Å². The molecule has 4 rings (SSSR count). The lowest BCUT2D eigenvalue weighted by Crippen LogP contribution is -2.30. The highest BCUT2D eigenvalue weighted by molar-refractivity contribution is 5.94. The number of nitrogens with one attached hydrogen (secondary N) is 1. The van der Waals surface area contributed by atoms with E-state index in [1.165, 1.54) is 7.11 Å². The largest absolute Gasteiger partial charge is 0.487 e. The molecule has 1 unspecified atom stereocenters. The molecule has 7 heteroatoms. The van der Waals surface area contributed by atoms with Crippen LogP contribution in [0.4, 0.5) is 0 Å². The molecule has 2 aromatic heterocycles. The Morgan fingerprint density at radius 1 is 1.03 bits per heavy atom. The van der Waals surface area contributed by atoms with Gasteiger partial charge in [0.2, 0.25) is 0 Å². The van der Waals surface area contributed by atoms with E-state index in [-0.39, 0.29) is 12.3 Å². The van der Waals surface area contributed by atoms with Gasteiger partial charge in [-0.05, 0) is 48.4 Å². The Morgan fingerprint density at radius 3 is 2.48 bits per heavy atom. The lowest BCUT2D eigenvalue weighted by Gasteiger charge is -2.18. The van der Waals surface area contributed by atoms with Crippen molar-refractivity contribution in [1.29, 1.82) is 0 Å². The normalized spacial score (nSPS) is 11.7. The van der Waals surface area contributed by atoms with Gasteiger partial charge in [-0.15, -0.1) is 0 Å². The zero-order chi connectivity index (χ0) is 23.2. The van der Waals surface area contributed by atoms with Crippen LogP contribution in [0.15, 0.2) is 79.1 Å². The number of hydrogen-bond acceptors (Lipinski definition) is 5. The van der Waals surface area contributed by atoms with Crippen molar-refractivity contribution in [1.82, 2.24) is 14.7 Å². The Morgan fingerprint density at radius 2 is 1.79 bits per heavy atom. The molecule has 0 aliphatic heterocycles. The molecule has 4 aromatic rings. The van der Waals surface area contributed by atoms with Crippen molar-refractivity contribution < 1.29 is 19.1 Å². The van der Waals surface area contributed by atoms with Crippen LogP contribution in [0.1, 0.15) is 39.6 Å². The molecule has 1 amide bonds. The van der Waals surface area contributed by atoms with Crippen molar-refractivity contribution in [2.75, 3.05) is 7.11 Å². The molecule has 2 aromatic carbocycles. The Bertz CT molecular complexity index is 1250. The fourth-order valence-corrected chi connectivity index (χ4v) is 3.56. The van der Waals surface area contributed by atoms with Gasteiger partial charge in [0.25, 0.3) is 5.91 Å². The number of hydrogen-bond donors (Lipinski definition) is 1. The van der Waals surface area contributed by atoms with Gasteiger partial charge < -0.3 is 19.2 Å². The zero-order valence-corrected chi connectivity index (χ0v) is 18.5. The Hall–Kier alpha value is -4.13. The minimum absolute atomic E-state index is 0.0476. The molecule has 0 saturated carbocycles. The van der Waals surface area contributed by atoms with Crippen LogP contribution in [0.5, 0.6) is 5.75 Å². The molecule has 0 spiro atoms. The molecule has 33 heavy (non-hydrogen) atoms. The van der Waals surface area contributed by atoms with Crippen LogP contribution in [0.3, 0.4) is 0 Å². The average Bonchev–Trinajstić information content (AvgIpc) is 3.27. The highest BCUT2D eigenvalue weighted by Gasteiger charge is 2.19. The third-order valence-corrected chi connectivity index (χ3v) is 5.34. The summed E-state index contributed by atoms with van der Waals surface area (Å²) in [5, 5.41) is 2.92. The van der Waals surface area contributed by atoms with Gasteiger partial charge in [0.1, 0.15) is 18.0 Å². The predicted octanol–water partition coefficient (Wildman–Crippen LogP) is 4.26. The van der Waals surface area contributed by atoms with Gasteiger partial charge in [0.15, 0.2) is 0 Å². The van der Waals surface area contributed by atoms with E-state index < -0.39 is 12.0 Å². The monoisotopic (exact) mass is 443 g/mol. The van der Waals surface area contributed by atoms with Crippen LogP contribution >= 0.6 is 0 Å². The van der Waals surface area contributed by atoms with Crippen molar-refractivity contribution in [3.63, 3.8) is 0 Å². The summed E-state index contributed by atoms with van der Waals surface area (Å²) >= 11 is 0. The average molecular weight is 444 g/mol. The number of methoxy groups -OCH3 is 1. The van der Waals surface area contributed by atoms with Gasteiger partial charge in [-0.3, -0.25) is 9.59 Å². The maximum atomic E-state index is 12.8. The molecule has 0 aliphatic carbocycles. The van der Waals surface area contributed by atoms with Gasteiger partial charge in [-0.2, -0.15) is 0 Å². The van der Waals surface area contributed by atoms with Crippen LogP contribution in [-0.4, -0.2) is 28.4 Å². The third-order valence-electron chi connectivity index (χ3n) is 5.34. The molecule has 1 N–H and O–H groups in total. The van der Waals surface area contributed by atoms with E-state index in [0.717, 1.165) is 22.5 Å². The standard InChI is InChI=1S/C26H25N3O4/c1-18-7-6-14-29-16-21(27-25(18)29)17-33-22-12-10-20(11-13-22)26(31)28-23(15-24(30)32-2)19-8-4-3-5-9-19/h3-14,16,23H,15,17H2,1-2H3,(H,28,31). The molecular formula is C26H25N3O4. The zero-order valence-electron chi connectivity index (χ0n) is 18.5. The second kappa shape index (κ2) is 9.99. The molecule has 7 nitrogen and oxygen atoms in total. The van der Waals surface area contributed by atoms with E-state index in [0.29, 0.717) is 17.9 Å². The second-order valence-corrected chi connectivity index (χ2v) is 7.68. The third kappa shape index (κ3) is 5.38. The van der Waals surface area contributed by atoms with Gasteiger partial charge in [0.05, 0.1) is 25.3 Å². The van der Waals surface area contributed by atoms with Gasteiger partial charge in [-0.1, -0.05) is 36.4 Å². The molecule has 0 saturated heterocycles. The summed E-state index contributed by atoms with van der Waals surface area (Å²) in [6.45, 7) is 2.34. The number of nitrogens with zero attached hydrogens (tertiary/aromatic N) is 2. The van der Waals surface area contributed by atoms with E-state index in [2.05, 4.69) is 10.3 Å². The van der Waals surface area contributed by atoms with Crippen LogP contribution in [0, 0.1) is 6.92 Å². The minimum Gasteiger partial charge on any atom is -0.487 e. The van der Waals surface area contributed by atoms with E-state index in [1.807, 2.05) is 66.2 Å². The minimum atomic E-state index is -0.486. The SMILES string of the molecule is COC(=O)CC(NC(=O)c1ccc(OCc2cn3cccc(C)c3n2)cc1)c1ccccc1.